The van der Waals surface area contributed by atoms with Crippen LogP contribution in [0.5, 0.6) is 5.75 Å². The van der Waals surface area contributed by atoms with Crippen molar-refractivity contribution in [1.82, 2.24) is 15.0 Å². The summed E-state index contributed by atoms with van der Waals surface area (Å²) >= 11 is 0. The molecule has 0 spiro atoms. The van der Waals surface area contributed by atoms with Crippen molar-refractivity contribution in [2.75, 3.05) is 0 Å². The zero-order chi connectivity index (χ0) is 21.0. The van der Waals surface area contributed by atoms with Gasteiger partial charge in [0.15, 0.2) is 17.5 Å². The minimum Gasteiger partial charge on any atom is -0.508 e. The molecule has 4 heteroatoms. The van der Waals surface area contributed by atoms with Gasteiger partial charge in [0.2, 0.25) is 0 Å². The van der Waals surface area contributed by atoms with Crippen molar-refractivity contribution in [2.24, 2.45) is 0 Å². The van der Waals surface area contributed by atoms with Crippen molar-refractivity contribution in [3.63, 3.8) is 0 Å². The van der Waals surface area contributed by atoms with Crippen LogP contribution in [0.3, 0.4) is 0 Å². The van der Waals surface area contributed by atoms with Crippen molar-refractivity contribution in [2.45, 2.75) is 0 Å². The maximum atomic E-state index is 9.66. The Labute approximate surface area is 180 Å². The summed E-state index contributed by atoms with van der Waals surface area (Å²) in [4.78, 5) is 14.1. The fraction of sp³-hybridized carbons (Fsp3) is 0. The van der Waals surface area contributed by atoms with E-state index in [0.29, 0.717) is 17.5 Å². The molecule has 148 valence electrons. The van der Waals surface area contributed by atoms with Gasteiger partial charge in [-0.1, -0.05) is 84.9 Å². The first kappa shape index (κ1) is 18.7. The summed E-state index contributed by atoms with van der Waals surface area (Å²) in [7, 11) is 0. The van der Waals surface area contributed by atoms with E-state index in [0.717, 1.165) is 27.5 Å². The van der Waals surface area contributed by atoms with E-state index in [1.54, 1.807) is 12.1 Å². The Morgan fingerprint density at radius 3 is 1.77 bits per heavy atom. The smallest absolute Gasteiger partial charge is 0.164 e. The third-order valence-corrected chi connectivity index (χ3v) is 4.99. The van der Waals surface area contributed by atoms with Crippen LogP contribution in [0.15, 0.2) is 97.1 Å². The first-order chi connectivity index (χ1) is 15.2. The highest BCUT2D eigenvalue weighted by Crippen LogP contribution is 2.23. The van der Waals surface area contributed by atoms with Crippen LogP contribution < -0.4 is 0 Å². The zero-order valence-corrected chi connectivity index (χ0v) is 16.7. The Kier molecular flexibility index (Phi) is 4.95. The minimum atomic E-state index is 0.267. The molecule has 0 fully saturated rings. The van der Waals surface area contributed by atoms with Crippen LogP contribution >= 0.6 is 0 Å². The molecule has 1 aromatic heterocycles. The van der Waals surface area contributed by atoms with Crippen LogP contribution in [0, 0.1) is 0 Å². The van der Waals surface area contributed by atoms with Crippen LogP contribution in [-0.2, 0) is 0 Å². The van der Waals surface area contributed by atoms with Crippen molar-refractivity contribution < 1.29 is 5.11 Å². The highest BCUT2D eigenvalue weighted by Gasteiger charge is 2.09. The third kappa shape index (κ3) is 4.19. The molecule has 0 unspecified atom stereocenters. The number of phenols is 1. The summed E-state index contributed by atoms with van der Waals surface area (Å²) in [6.07, 6.45) is 3.90. The van der Waals surface area contributed by atoms with Gasteiger partial charge in [-0.2, -0.15) is 0 Å². The summed E-state index contributed by atoms with van der Waals surface area (Å²) < 4.78 is 0. The molecule has 4 aromatic carbocycles. The molecule has 0 aliphatic rings. The predicted octanol–water partition coefficient (Wildman–Crippen LogP) is 6.23. The van der Waals surface area contributed by atoms with Crippen molar-refractivity contribution in [3.05, 3.63) is 108 Å². The van der Waals surface area contributed by atoms with Crippen LogP contribution in [0.1, 0.15) is 11.4 Å². The molecule has 5 rings (SSSR count). The topological polar surface area (TPSA) is 58.9 Å². The molecular weight excluding hydrogens is 382 g/mol. The van der Waals surface area contributed by atoms with E-state index in [1.165, 1.54) is 0 Å². The second kappa shape index (κ2) is 8.20. The Hall–Kier alpha value is -4.31. The lowest BCUT2D eigenvalue weighted by molar-refractivity contribution is 0.476. The van der Waals surface area contributed by atoms with Gasteiger partial charge in [0.1, 0.15) is 5.75 Å². The Bertz CT molecular complexity index is 1320. The van der Waals surface area contributed by atoms with Crippen LogP contribution in [0.25, 0.3) is 45.7 Å². The van der Waals surface area contributed by atoms with E-state index in [-0.39, 0.29) is 5.75 Å². The number of rotatable bonds is 4. The summed E-state index contributed by atoms with van der Waals surface area (Å²) in [5.74, 6) is 2.15. The molecule has 5 aromatic rings. The van der Waals surface area contributed by atoms with Crippen molar-refractivity contribution in [1.29, 1.82) is 0 Å². The molecule has 0 radical (unpaired) electrons. The number of hydrogen-bond donors (Lipinski definition) is 1. The van der Waals surface area contributed by atoms with Gasteiger partial charge >= 0.3 is 0 Å². The average molecular weight is 401 g/mol. The predicted molar refractivity (Wildman–Crippen MR) is 125 cm³/mol. The van der Waals surface area contributed by atoms with E-state index < -0.39 is 0 Å². The molecular formula is C27H19N3O. The lowest BCUT2D eigenvalue weighted by atomic mass is 10.1. The largest absolute Gasteiger partial charge is 0.508 e. The molecule has 0 atom stereocenters. The molecule has 0 aliphatic heterocycles. The number of aromatic hydroxyl groups is 1. The molecule has 0 amide bonds. The maximum absolute atomic E-state index is 9.66. The standard InChI is InChI=1S/C27H19N3O/c31-24-15-14-22-17-19(11-13-23(22)18-24)12-16-25-28-26(20-7-3-1-4-8-20)30-27(29-25)21-9-5-2-6-10-21/h1-18,31H/b16-12+. The van der Waals surface area contributed by atoms with Gasteiger partial charge in [-0.3, -0.25) is 0 Å². The normalized spacial score (nSPS) is 11.2. The number of benzene rings is 4. The van der Waals surface area contributed by atoms with E-state index in [1.807, 2.05) is 91.0 Å². The van der Waals surface area contributed by atoms with Crippen molar-refractivity contribution >= 4 is 22.9 Å². The van der Waals surface area contributed by atoms with Gasteiger partial charge in [-0.25, -0.2) is 15.0 Å². The molecule has 0 aliphatic carbocycles. The van der Waals surface area contributed by atoms with Crippen LogP contribution in [0.2, 0.25) is 0 Å². The lowest BCUT2D eigenvalue weighted by Crippen LogP contribution is -1.99. The van der Waals surface area contributed by atoms with Gasteiger partial charge in [0, 0.05) is 11.1 Å². The van der Waals surface area contributed by atoms with E-state index >= 15 is 0 Å². The SMILES string of the molecule is Oc1ccc2cc(/C=C/c3nc(-c4ccccc4)nc(-c4ccccc4)n3)ccc2c1. The molecule has 0 saturated heterocycles. The maximum Gasteiger partial charge on any atom is 0.164 e. The lowest BCUT2D eigenvalue weighted by Gasteiger charge is -2.06. The summed E-state index contributed by atoms with van der Waals surface area (Å²) in [6, 6.07) is 31.3. The average Bonchev–Trinajstić information content (AvgIpc) is 2.83. The second-order valence-corrected chi connectivity index (χ2v) is 7.20. The quantitative estimate of drug-likeness (QED) is 0.387. The number of phenolic OH excluding ortho intramolecular Hbond substituents is 1. The summed E-state index contributed by atoms with van der Waals surface area (Å²) in [5.41, 5.74) is 2.92. The van der Waals surface area contributed by atoms with Crippen molar-refractivity contribution in [3.8, 4) is 28.5 Å². The highest BCUT2D eigenvalue weighted by molar-refractivity contribution is 5.87. The van der Waals surface area contributed by atoms with E-state index in [2.05, 4.69) is 16.0 Å². The van der Waals surface area contributed by atoms with Crippen LogP contribution in [0.4, 0.5) is 0 Å². The van der Waals surface area contributed by atoms with Gasteiger partial charge in [0.05, 0.1) is 0 Å². The summed E-state index contributed by atoms with van der Waals surface area (Å²) in [6.45, 7) is 0. The van der Waals surface area contributed by atoms with E-state index in [4.69, 9.17) is 4.98 Å². The molecule has 1 heterocycles. The van der Waals surface area contributed by atoms with Gasteiger partial charge < -0.3 is 5.11 Å². The molecule has 0 saturated carbocycles. The molecule has 31 heavy (non-hydrogen) atoms. The number of nitrogens with zero attached hydrogens (tertiary/aromatic N) is 3. The Balaban J connectivity index is 1.55. The monoisotopic (exact) mass is 401 g/mol. The Morgan fingerprint density at radius 2 is 1.13 bits per heavy atom. The fourth-order valence-electron chi connectivity index (χ4n) is 3.43. The van der Waals surface area contributed by atoms with E-state index in [9.17, 15) is 5.11 Å². The number of fused-ring (bicyclic) bond motifs is 1. The third-order valence-electron chi connectivity index (χ3n) is 4.99. The van der Waals surface area contributed by atoms with Gasteiger partial charge in [0.25, 0.3) is 0 Å². The minimum absolute atomic E-state index is 0.267. The first-order valence-corrected chi connectivity index (χ1v) is 10.0. The highest BCUT2D eigenvalue weighted by atomic mass is 16.3. The molecule has 0 bridgehead atoms. The first-order valence-electron chi connectivity index (χ1n) is 10.0. The number of hydrogen-bond acceptors (Lipinski definition) is 4. The second-order valence-electron chi connectivity index (χ2n) is 7.20. The Morgan fingerprint density at radius 1 is 0.548 bits per heavy atom. The van der Waals surface area contributed by atoms with Gasteiger partial charge in [-0.05, 0) is 40.6 Å². The van der Waals surface area contributed by atoms with Gasteiger partial charge in [-0.15, -0.1) is 0 Å². The molecule has 4 nitrogen and oxygen atoms in total. The zero-order valence-electron chi connectivity index (χ0n) is 16.7. The molecule has 1 N–H and O–H groups in total. The fourth-order valence-corrected chi connectivity index (χ4v) is 3.43. The summed E-state index contributed by atoms with van der Waals surface area (Å²) in [5, 5.41) is 11.7. The number of aromatic nitrogens is 3. The van der Waals surface area contributed by atoms with Crippen LogP contribution in [-0.4, -0.2) is 20.1 Å².